The first-order chi connectivity index (χ1) is 12.2. The summed E-state index contributed by atoms with van der Waals surface area (Å²) in [5.41, 5.74) is 4.80. The van der Waals surface area contributed by atoms with E-state index in [4.69, 9.17) is 11.6 Å². The second-order valence-electron chi connectivity index (χ2n) is 5.40. The third-order valence-electron chi connectivity index (χ3n) is 3.76. The van der Waals surface area contributed by atoms with E-state index in [9.17, 15) is 0 Å². The molecule has 1 aromatic heterocycles. The second-order valence-corrected chi connectivity index (χ2v) is 5.79. The molecule has 0 fully saturated rings. The van der Waals surface area contributed by atoms with Gasteiger partial charge in [-0.05, 0) is 11.1 Å². The quantitative estimate of drug-likeness (QED) is 0.405. The van der Waals surface area contributed by atoms with Gasteiger partial charge in [-0.3, -0.25) is 0 Å². The van der Waals surface area contributed by atoms with E-state index in [0.29, 0.717) is 11.0 Å². The molecule has 0 amide bonds. The maximum Gasteiger partial charge on any atom is 0.161 e. The molecule has 0 spiro atoms. The molecular weight excluding hydrogens is 328 g/mol. The molecule has 0 saturated heterocycles. The van der Waals surface area contributed by atoms with Gasteiger partial charge in [-0.1, -0.05) is 97.6 Å². The van der Waals surface area contributed by atoms with Crippen LogP contribution in [0.25, 0.3) is 28.2 Å². The highest BCUT2D eigenvalue weighted by molar-refractivity contribution is 6.29. The lowest BCUT2D eigenvalue weighted by Crippen LogP contribution is -1.93. The molecule has 3 heteroatoms. The smallest absolute Gasteiger partial charge is 0.161 e. The average molecular weight is 345 g/mol. The van der Waals surface area contributed by atoms with Crippen LogP contribution in [0.15, 0.2) is 92.0 Å². The largest absolute Gasteiger partial charge is 0.228 e. The lowest BCUT2D eigenvalue weighted by Gasteiger charge is -2.07. The zero-order valence-corrected chi connectivity index (χ0v) is 14.4. The molecule has 0 aliphatic heterocycles. The standard InChI is InChI=1S/C22H17ClN2/c1-3-8-16(4-2)17-11-13-18(14-12-17)20-15-21(23)25-22(24-20)19-9-6-5-7-10-19/h3-15H,1-2H2/b16-8+. The lowest BCUT2D eigenvalue weighted by molar-refractivity contribution is 1.18. The molecule has 2 nitrogen and oxygen atoms in total. The summed E-state index contributed by atoms with van der Waals surface area (Å²) in [6, 6.07) is 19.7. The molecule has 1 heterocycles. The summed E-state index contributed by atoms with van der Waals surface area (Å²) >= 11 is 6.21. The van der Waals surface area contributed by atoms with Crippen molar-refractivity contribution >= 4 is 17.2 Å². The zero-order chi connectivity index (χ0) is 17.6. The van der Waals surface area contributed by atoms with Crippen molar-refractivity contribution in [3.8, 4) is 22.6 Å². The minimum absolute atomic E-state index is 0.422. The number of allylic oxidation sites excluding steroid dienone is 4. The Morgan fingerprint density at radius 2 is 1.60 bits per heavy atom. The van der Waals surface area contributed by atoms with Crippen LogP contribution in [-0.4, -0.2) is 9.97 Å². The summed E-state index contributed by atoms with van der Waals surface area (Å²) in [5, 5.41) is 0.422. The second kappa shape index (κ2) is 7.73. The lowest BCUT2D eigenvalue weighted by atomic mass is 10.0. The average Bonchev–Trinajstić information content (AvgIpc) is 2.66. The SMILES string of the molecule is C=C/C=C(\C=C)c1ccc(-c2cc(Cl)nc(-c3ccccc3)n2)cc1. The van der Waals surface area contributed by atoms with Gasteiger partial charge in [0.1, 0.15) is 5.15 Å². The highest BCUT2D eigenvalue weighted by atomic mass is 35.5. The first-order valence-electron chi connectivity index (χ1n) is 7.87. The van der Waals surface area contributed by atoms with Crippen LogP contribution in [0.1, 0.15) is 5.56 Å². The molecule has 2 aromatic carbocycles. The predicted octanol–water partition coefficient (Wildman–Crippen LogP) is 6.22. The normalized spacial score (nSPS) is 11.2. The van der Waals surface area contributed by atoms with Gasteiger partial charge >= 0.3 is 0 Å². The molecule has 3 aromatic rings. The summed E-state index contributed by atoms with van der Waals surface area (Å²) in [6.45, 7) is 7.57. The van der Waals surface area contributed by atoms with Gasteiger partial charge < -0.3 is 0 Å². The Hall–Kier alpha value is -2.97. The molecule has 0 bridgehead atoms. The van der Waals surface area contributed by atoms with E-state index in [1.54, 1.807) is 12.1 Å². The van der Waals surface area contributed by atoms with Crippen molar-refractivity contribution in [2.45, 2.75) is 0 Å². The first-order valence-corrected chi connectivity index (χ1v) is 8.25. The molecule has 0 aliphatic carbocycles. The maximum atomic E-state index is 6.21. The van der Waals surface area contributed by atoms with E-state index < -0.39 is 0 Å². The van der Waals surface area contributed by atoms with Gasteiger partial charge in [0, 0.05) is 17.2 Å². The summed E-state index contributed by atoms with van der Waals surface area (Å²) in [6.07, 6.45) is 5.49. The van der Waals surface area contributed by atoms with Gasteiger partial charge in [0.2, 0.25) is 0 Å². The van der Waals surface area contributed by atoms with Gasteiger partial charge in [-0.2, -0.15) is 0 Å². The van der Waals surface area contributed by atoms with Crippen LogP contribution < -0.4 is 0 Å². The summed E-state index contributed by atoms with van der Waals surface area (Å²) in [4.78, 5) is 8.99. The number of hydrogen-bond donors (Lipinski definition) is 0. The van der Waals surface area contributed by atoms with Crippen LogP contribution in [0.4, 0.5) is 0 Å². The van der Waals surface area contributed by atoms with Gasteiger partial charge in [0.15, 0.2) is 5.82 Å². The van der Waals surface area contributed by atoms with Crippen LogP contribution in [0.2, 0.25) is 5.15 Å². The molecule has 0 saturated carbocycles. The molecule has 0 unspecified atom stereocenters. The minimum Gasteiger partial charge on any atom is -0.228 e. The Morgan fingerprint density at radius 1 is 0.880 bits per heavy atom. The van der Waals surface area contributed by atoms with E-state index in [-0.39, 0.29) is 0 Å². The fraction of sp³-hybridized carbons (Fsp3) is 0. The molecular formula is C22H17ClN2. The molecule has 25 heavy (non-hydrogen) atoms. The Kier molecular flexibility index (Phi) is 5.22. The summed E-state index contributed by atoms with van der Waals surface area (Å²) < 4.78 is 0. The summed E-state index contributed by atoms with van der Waals surface area (Å²) in [5.74, 6) is 0.616. The first kappa shape index (κ1) is 16.9. The van der Waals surface area contributed by atoms with Crippen LogP contribution in [0.3, 0.4) is 0 Å². The van der Waals surface area contributed by atoms with Crippen molar-refractivity contribution in [3.63, 3.8) is 0 Å². The van der Waals surface area contributed by atoms with Crippen LogP contribution in [0.5, 0.6) is 0 Å². The topological polar surface area (TPSA) is 25.8 Å². The van der Waals surface area contributed by atoms with Crippen LogP contribution in [0, 0.1) is 0 Å². The van der Waals surface area contributed by atoms with E-state index in [2.05, 4.69) is 23.1 Å². The Labute approximate surface area is 152 Å². The fourth-order valence-corrected chi connectivity index (χ4v) is 2.71. The number of hydrogen-bond acceptors (Lipinski definition) is 2. The number of rotatable bonds is 5. The van der Waals surface area contributed by atoms with Crippen LogP contribution in [-0.2, 0) is 0 Å². The van der Waals surface area contributed by atoms with E-state index in [1.165, 1.54) is 0 Å². The zero-order valence-electron chi connectivity index (χ0n) is 13.7. The number of aromatic nitrogens is 2. The van der Waals surface area contributed by atoms with Crippen molar-refractivity contribution in [2.75, 3.05) is 0 Å². The molecule has 0 radical (unpaired) electrons. The Morgan fingerprint density at radius 3 is 2.24 bits per heavy atom. The monoisotopic (exact) mass is 344 g/mol. The molecule has 0 N–H and O–H groups in total. The van der Waals surface area contributed by atoms with Gasteiger partial charge in [-0.25, -0.2) is 9.97 Å². The van der Waals surface area contributed by atoms with E-state index in [0.717, 1.165) is 28.0 Å². The minimum atomic E-state index is 0.422. The van der Waals surface area contributed by atoms with Gasteiger partial charge in [0.05, 0.1) is 5.69 Å². The molecule has 122 valence electrons. The third kappa shape index (κ3) is 3.93. The number of halogens is 1. The highest BCUT2D eigenvalue weighted by Gasteiger charge is 2.08. The van der Waals surface area contributed by atoms with Crippen molar-refractivity contribution in [2.24, 2.45) is 0 Å². The summed E-state index contributed by atoms with van der Waals surface area (Å²) in [7, 11) is 0. The van der Waals surface area contributed by atoms with Crippen molar-refractivity contribution < 1.29 is 0 Å². The predicted molar refractivity (Wildman–Crippen MR) is 106 cm³/mol. The van der Waals surface area contributed by atoms with E-state index in [1.807, 2.05) is 66.7 Å². The fourth-order valence-electron chi connectivity index (χ4n) is 2.52. The number of benzene rings is 2. The van der Waals surface area contributed by atoms with Gasteiger partial charge in [-0.15, -0.1) is 0 Å². The maximum absolute atomic E-state index is 6.21. The van der Waals surface area contributed by atoms with Crippen molar-refractivity contribution in [3.05, 3.63) is 103 Å². The van der Waals surface area contributed by atoms with E-state index >= 15 is 0 Å². The van der Waals surface area contributed by atoms with Crippen molar-refractivity contribution in [1.82, 2.24) is 9.97 Å². The highest BCUT2D eigenvalue weighted by Crippen LogP contribution is 2.26. The molecule has 0 atom stereocenters. The Balaban J connectivity index is 2.00. The third-order valence-corrected chi connectivity index (χ3v) is 3.95. The molecule has 3 rings (SSSR count). The Bertz CT molecular complexity index is 926. The van der Waals surface area contributed by atoms with Gasteiger partial charge in [0.25, 0.3) is 0 Å². The molecule has 0 aliphatic rings. The van der Waals surface area contributed by atoms with Crippen molar-refractivity contribution in [1.29, 1.82) is 0 Å². The van der Waals surface area contributed by atoms with Crippen LogP contribution >= 0.6 is 11.6 Å². The number of nitrogens with zero attached hydrogens (tertiary/aromatic N) is 2.